The molecule has 1 aromatic carbocycles. The van der Waals surface area contributed by atoms with Crippen molar-refractivity contribution in [3.63, 3.8) is 0 Å². The van der Waals surface area contributed by atoms with Crippen molar-refractivity contribution in [2.75, 3.05) is 0 Å². The van der Waals surface area contributed by atoms with Crippen LogP contribution in [0.3, 0.4) is 0 Å². The van der Waals surface area contributed by atoms with E-state index in [0.29, 0.717) is 0 Å². The summed E-state index contributed by atoms with van der Waals surface area (Å²) in [5.74, 6) is 0.242. The number of hydrogen-bond acceptors (Lipinski definition) is 2. The van der Waals surface area contributed by atoms with E-state index in [1.807, 2.05) is 6.07 Å². The zero-order valence-electron chi connectivity index (χ0n) is 6.41. The summed E-state index contributed by atoms with van der Waals surface area (Å²) in [6.07, 6.45) is 0. The Balaban J connectivity index is 2.67. The van der Waals surface area contributed by atoms with Gasteiger partial charge in [0.05, 0.1) is 6.61 Å². The zero-order chi connectivity index (χ0) is 8.55. The number of aromatic amines is 1. The van der Waals surface area contributed by atoms with Crippen LogP contribution in [-0.2, 0) is 6.61 Å². The van der Waals surface area contributed by atoms with Crippen LogP contribution in [0.25, 0.3) is 10.9 Å². The van der Waals surface area contributed by atoms with Crippen molar-refractivity contribution in [1.29, 1.82) is 0 Å². The second kappa shape index (κ2) is 2.53. The highest BCUT2D eigenvalue weighted by Gasteiger charge is 1.99. The minimum atomic E-state index is -0.00452. The number of nitrogens with one attached hydrogen (secondary N) is 1. The third-order valence-corrected chi connectivity index (χ3v) is 1.83. The molecule has 3 heteroatoms. The Labute approximate surface area is 69.3 Å². The summed E-state index contributed by atoms with van der Waals surface area (Å²) in [6.45, 7) is -0.00452. The lowest BCUT2D eigenvalue weighted by Gasteiger charge is -1.89. The molecule has 3 nitrogen and oxygen atoms in total. The summed E-state index contributed by atoms with van der Waals surface area (Å²) in [5, 5.41) is 18.9. The molecule has 0 aliphatic carbocycles. The van der Waals surface area contributed by atoms with E-state index in [4.69, 9.17) is 10.2 Å². The molecule has 0 atom stereocenters. The summed E-state index contributed by atoms with van der Waals surface area (Å²) in [7, 11) is 0. The van der Waals surface area contributed by atoms with E-state index in [1.54, 1.807) is 18.2 Å². The Bertz CT molecular complexity index is 406. The Hall–Kier alpha value is -1.48. The van der Waals surface area contributed by atoms with E-state index >= 15 is 0 Å². The third-order valence-electron chi connectivity index (χ3n) is 1.83. The standard InChI is InChI=1S/C9H9NO2/c11-5-7-3-6-4-8(12)1-2-9(6)10-7/h1-4,10-12H,5H2. The van der Waals surface area contributed by atoms with Crippen LogP contribution < -0.4 is 0 Å². The molecule has 0 saturated carbocycles. The Morgan fingerprint density at radius 3 is 2.83 bits per heavy atom. The number of phenols is 1. The summed E-state index contributed by atoms with van der Waals surface area (Å²) in [4.78, 5) is 3.01. The van der Waals surface area contributed by atoms with Gasteiger partial charge in [0.2, 0.25) is 0 Å². The average molecular weight is 163 g/mol. The Morgan fingerprint density at radius 2 is 2.08 bits per heavy atom. The second-order valence-electron chi connectivity index (χ2n) is 2.72. The first-order valence-corrected chi connectivity index (χ1v) is 3.71. The number of aliphatic hydroxyl groups is 1. The van der Waals surface area contributed by atoms with Crippen molar-refractivity contribution in [3.05, 3.63) is 30.0 Å². The number of fused-ring (bicyclic) bond motifs is 1. The number of benzene rings is 1. The Kier molecular flexibility index (Phi) is 1.52. The predicted octanol–water partition coefficient (Wildman–Crippen LogP) is 1.37. The molecule has 0 bridgehead atoms. The largest absolute Gasteiger partial charge is 0.508 e. The van der Waals surface area contributed by atoms with Gasteiger partial charge in [-0.1, -0.05) is 0 Å². The monoisotopic (exact) mass is 163 g/mol. The highest BCUT2D eigenvalue weighted by Crippen LogP contribution is 2.20. The summed E-state index contributed by atoms with van der Waals surface area (Å²) >= 11 is 0. The molecule has 2 rings (SSSR count). The number of phenolic OH excluding ortho intramolecular Hbond substituents is 1. The van der Waals surface area contributed by atoms with E-state index in [0.717, 1.165) is 16.6 Å². The van der Waals surface area contributed by atoms with Gasteiger partial charge in [0, 0.05) is 16.6 Å². The van der Waals surface area contributed by atoms with Crippen molar-refractivity contribution < 1.29 is 10.2 Å². The number of rotatable bonds is 1. The molecule has 0 aliphatic heterocycles. The number of aliphatic hydroxyl groups excluding tert-OH is 1. The van der Waals surface area contributed by atoms with Crippen LogP contribution in [0.4, 0.5) is 0 Å². The molecule has 2 aromatic rings. The molecule has 0 unspecified atom stereocenters. The molecule has 0 amide bonds. The smallest absolute Gasteiger partial charge is 0.116 e. The maximum absolute atomic E-state index is 9.14. The normalized spacial score (nSPS) is 10.8. The molecule has 0 fully saturated rings. The fourth-order valence-electron chi connectivity index (χ4n) is 1.27. The van der Waals surface area contributed by atoms with Gasteiger partial charge in [-0.25, -0.2) is 0 Å². The van der Waals surface area contributed by atoms with Gasteiger partial charge in [0.1, 0.15) is 5.75 Å². The van der Waals surface area contributed by atoms with Crippen LogP contribution in [0, 0.1) is 0 Å². The third kappa shape index (κ3) is 1.04. The quantitative estimate of drug-likeness (QED) is 0.594. The molecule has 62 valence electrons. The van der Waals surface area contributed by atoms with Crippen LogP contribution in [0.2, 0.25) is 0 Å². The van der Waals surface area contributed by atoms with Crippen LogP contribution in [-0.4, -0.2) is 15.2 Å². The van der Waals surface area contributed by atoms with E-state index in [2.05, 4.69) is 4.98 Å². The van der Waals surface area contributed by atoms with Gasteiger partial charge in [-0.3, -0.25) is 0 Å². The van der Waals surface area contributed by atoms with Crippen molar-refractivity contribution >= 4 is 10.9 Å². The highest BCUT2D eigenvalue weighted by molar-refractivity contribution is 5.81. The molecule has 0 radical (unpaired) electrons. The van der Waals surface area contributed by atoms with Gasteiger partial charge in [0.15, 0.2) is 0 Å². The van der Waals surface area contributed by atoms with Gasteiger partial charge in [0.25, 0.3) is 0 Å². The summed E-state index contributed by atoms with van der Waals surface area (Å²) < 4.78 is 0. The summed E-state index contributed by atoms with van der Waals surface area (Å²) in [6, 6.07) is 6.86. The van der Waals surface area contributed by atoms with Gasteiger partial charge in [-0.2, -0.15) is 0 Å². The van der Waals surface area contributed by atoms with E-state index in [1.165, 1.54) is 0 Å². The number of hydrogen-bond donors (Lipinski definition) is 3. The molecule has 0 aliphatic rings. The number of aromatic nitrogens is 1. The minimum absolute atomic E-state index is 0.00452. The highest BCUT2D eigenvalue weighted by atomic mass is 16.3. The van der Waals surface area contributed by atoms with E-state index in [9.17, 15) is 0 Å². The van der Waals surface area contributed by atoms with Crippen LogP contribution >= 0.6 is 0 Å². The fraction of sp³-hybridized carbons (Fsp3) is 0.111. The van der Waals surface area contributed by atoms with Gasteiger partial charge in [-0.15, -0.1) is 0 Å². The lowest BCUT2D eigenvalue weighted by atomic mass is 10.2. The first kappa shape index (κ1) is 7.18. The molecule has 0 spiro atoms. The van der Waals surface area contributed by atoms with Gasteiger partial charge in [-0.05, 0) is 24.3 Å². The topological polar surface area (TPSA) is 56.2 Å². The number of aromatic hydroxyl groups is 1. The van der Waals surface area contributed by atoms with Crippen LogP contribution in [0.5, 0.6) is 5.75 Å². The molecule has 1 aromatic heterocycles. The fourth-order valence-corrected chi connectivity index (χ4v) is 1.27. The van der Waals surface area contributed by atoms with E-state index in [-0.39, 0.29) is 12.4 Å². The lowest BCUT2D eigenvalue weighted by molar-refractivity contribution is 0.278. The SMILES string of the molecule is OCc1cc2cc(O)ccc2[nH]1. The van der Waals surface area contributed by atoms with Crippen molar-refractivity contribution in [3.8, 4) is 5.75 Å². The first-order chi connectivity index (χ1) is 5.79. The minimum Gasteiger partial charge on any atom is -0.508 e. The maximum atomic E-state index is 9.14. The molecular formula is C9H9NO2. The summed E-state index contributed by atoms with van der Waals surface area (Å²) in [5.41, 5.74) is 1.69. The van der Waals surface area contributed by atoms with Gasteiger partial charge < -0.3 is 15.2 Å². The predicted molar refractivity (Wildman–Crippen MR) is 45.9 cm³/mol. The van der Waals surface area contributed by atoms with Crippen molar-refractivity contribution in [1.82, 2.24) is 4.98 Å². The Morgan fingerprint density at radius 1 is 1.25 bits per heavy atom. The molecule has 12 heavy (non-hydrogen) atoms. The number of H-pyrrole nitrogens is 1. The average Bonchev–Trinajstić information content (AvgIpc) is 2.46. The van der Waals surface area contributed by atoms with Crippen molar-refractivity contribution in [2.24, 2.45) is 0 Å². The van der Waals surface area contributed by atoms with E-state index < -0.39 is 0 Å². The molecule has 3 N–H and O–H groups in total. The lowest BCUT2D eigenvalue weighted by Crippen LogP contribution is -1.78. The van der Waals surface area contributed by atoms with Gasteiger partial charge >= 0.3 is 0 Å². The van der Waals surface area contributed by atoms with Crippen LogP contribution in [0.15, 0.2) is 24.3 Å². The molecule has 0 saturated heterocycles. The maximum Gasteiger partial charge on any atom is 0.116 e. The molecule has 1 heterocycles. The zero-order valence-corrected chi connectivity index (χ0v) is 6.41. The second-order valence-corrected chi connectivity index (χ2v) is 2.72. The van der Waals surface area contributed by atoms with Crippen molar-refractivity contribution in [2.45, 2.75) is 6.61 Å². The van der Waals surface area contributed by atoms with Crippen LogP contribution in [0.1, 0.15) is 5.69 Å². The molecular weight excluding hydrogens is 154 g/mol. The first-order valence-electron chi connectivity index (χ1n) is 3.71.